The maximum atomic E-state index is 13.7. The Balaban J connectivity index is 2.74. The molecule has 0 saturated heterocycles. The van der Waals surface area contributed by atoms with Crippen molar-refractivity contribution in [3.05, 3.63) is 35.3 Å². The maximum Gasteiger partial charge on any atom is 0.358 e. The van der Waals surface area contributed by atoms with Gasteiger partial charge in [0.25, 0.3) is 0 Å². The maximum absolute atomic E-state index is 13.7. The lowest BCUT2D eigenvalue weighted by Crippen LogP contribution is -2.06. The van der Waals surface area contributed by atoms with Crippen molar-refractivity contribution in [2.75, 3.05) is 0 Å². The Morgan fingerprint density at radius 3 is 2.65 bits per heavy atom. The molecule has 0 aliphatic carbocycles. The van der Waals surface area contributed by atoms with E-state index in [2.05, 4.69) is 10.3 Å². The standard InChI is InChI=1S/C11H5F3N4O2/c12-6-2-1-5(7(13)8(6)14)10-9(11(19)20)16-17-18(10)4-3-15/h1-2H,4H2,(H,19,20). The Labute approximate surface area is 109 Å². The lowest BCUT2D eigenvalue weighted by Gasteiger charge is -2.06. The Morgan fingerprint density at radius 2 is 2.05 bits per heavy atom. The van der Waals surface area contributed by atoms with Gasteiger partial charge < -0.3 is 5.11 Å². The van der Waals surface area contributed by atoms with E-state index in [1.807, 2.05) is 0 Å². The number of rotatable bonds is 3. The molecular weight excluding hydrogens is 277 g/mol. The average Bonchev–Trinajstić information content (AvgIpc) is 2.81. The van der Waals surface area contributed by atoms with Gasteiger partial charge in [0.05, 0.1) is 6.07 Å². The molecule has 9 heteroatoms. The van der Waals surface area contributed by atoms with Crippen LogP contribution in [0.5, 0.6) is 0 Å². The van der Waals surface area contributed by atoms with E-state index >= 15 is 0 Å². The van der Waals surface area contributed by atoms with Crippen molar-refractivity contribution in [3.8, 4) is 17.3 Å². The highest BCUT2D eigenvalue weighted by atomic mass is 19.2. The average molecular weight is 282 g/mol. The minimum Gasteiger partial charge on any atom is -0.476 e. The van der Waals surface area contributed by atoms with Crippen molar-refractivity contribution in [1.82, 2.24) is 15.0 Å². The zero-order valence-electron chi connectivity index (χ0n) is 9.64. The summed E-state index contributed by atoms with van der Waals surface area (Å²) in [6.07, 6.45) is 0. The molecule has 102 valence electrons. The van der Waals surface area contributed by atoms with Crippen molar-refractivity contribution < 1.29 is 23.1 Å². The second-order valence-electron chi connectivity index (χ2n) is 3.63. The smallest absolute Gasteiger partial charge is 0.358 e. The van der Waals surface area contributed by atoms with Crippen molar-refractivity contribution in [2.45, 2.75) is 6.54 Å². The number of benzene rings is 1. The van der Waals surface area contributed by atoms with Crippen LogP contribution in [0.1, 0.15) is 10.5 Å². The van der Waals surface area contributed by atoms with E-state index in [4.69, 9.17) is 10.4 Å². The van der Waals surface area contributed by atoms with Crippen molar-refractivity contribution in [1.29, 1.82) is 5.26 Å². The second-order valence-corrected chi connectivity index (χ2v) is 3.63. The predicted molar refractivity (Wildman–Crippen MR) is 57.9 cm³/mol. The van der Waals surface area contributed by atoms with Gasteiger partial charge in [0, 0.05) is 5.56 Å². The molecule has 2 aromatic rings. The third-order valence-corrected chi connectivity index (χ3v) is 2.45. The van der Waals surface area contributed by atoms with Crippen LogP contribution >= 0.6 is 0 Å². The Morgan fingerprint density at radius 1 is 1.35 bits per heavy atom. The molecule has 0 amide bonds. The van der Waals surface area contributed by atoms with Gasteiger partial charge in [-0.15, -0.1) is 5.10 Å². The van der Waals surface area contributed by atoms with Gasteiger partial charge in [-0.05, 0) is 12.1 Å². The Hall–Kier alpha value is -2.89. The molecule has 0 atom stereocenters. The Bertz CT molecular complexity index is 736. The molecule has 1 heterocycles. The zero-order valence-corrected chi connectivity index (χ0v) is 9.64. The van der Waals surface area contributed by atoms with Crippen LogP contribution in [0.3, 0.4) is 0 Å². The van der Waals surface area contributed by atoms with Gasteiger partial charge in [-0.2, -0.15) is 5.26 Å². The first-order chi connectivity index (χ1) is 9.47. The summed E-state index contributed by atoms with van der Waals surface area (Å²) < 4.78 is 40.6. The number of hydrogen-bond acceptors (Lipinski definition) is 4. The Kier molecular flexibility index (Phi) is 3.39. The van der Waals surface area contributed by atoms with Crippen LogP contribution in [0, 0.1) is 28.8 Å². The van der Waals surface area contributed by atoms with Crippen LogP contribution < -0.4 is 0 Å². The molecule has 0 spiro atoms. The first kappa shape index (κ1) is 13.5. The molecule has 2 rings (SSSR count). The molecule has 1 aromatic heterocycles. The molecule has 0 fully saturated rings. The summed E-state index contributed by atoms with van der Waals surface area (Å²) in [5.41, 5.74) is -1.61. The van der Waals surface area contributed by atoms with Crippen LogP contribution in [0.2, 0.25) is 0 Å². The molecular formula is C11H5F3N4O2. The van der Waals surface area contributed by atoms with Gasteiger partial charge in [0.2, 0.25) is 0 Å². The lowest BCUT2D eigenvalue weighted by molar-refractivity contribution is 0.0691. The van der Waals surface area contributed by atoms with E-state index in [-0.39, 0.29) is 0 Å². The summed E-state index contributed by atoms with van der Waals surface area (Å²) >= 11 is 0. The number of carbonyl (C=O) groups is 1. The number of hydrogen-bond donors (Lipinski definition) is 1. The van der Waals surface area contributed by atoms with E-state index in [1.165, 1.54) is 0 Å². The first-order valence-corrected chi connectivity index (χ1v) is 5.15. The van der Waals surface area contributed by atoms with Crippen LogP contribution in [0.15, 0.2) is 12.1 Å². The number of halogens is 3. The fourth-order valence-electron chi connectivity index (χ4n) is 1.61. The highest BCUT2D eigenvalue weighted by Gasteiger charge is 2.25. The summed E-state index contributed by atoms with van der Waals surface area (Å²) in [4.78, 5) is 11.0. The van der Waals surface area contributed by atoms with E-state index in [0.717, 1.165) is 10.7 Å². The van der Waals surface area contributed by atoms with E-state index < -0.39 is 46.9 Å². The predicted octanol–water partition coefficient (Wildman–Crippen LogP) is 1.58. The van der Waals surface area contributed by atoms with Crippen LogP contribution in [-0.2, 0) is 6.54 Å². The van der Waals surface area contributed by atoms with Crippen LogP contribution in [-0.4, -0.2) is 26.1 Å². The second kappa shape index (κ2) is 5.00. The number of nitrogens with zero attached hydrogens (tertiary/aromatic N) is 4. The normalized spacial score (nSPS) is 10.3. The van der Waals surface area contributed by atoms with Gasteiger partial charge in [0.15, 0.2) is 23.1 Å². The summed E-state index contributed by atoms with van der Waals surface area (Å²) in [6.45, 7) is -0.423. The summed E-state index contributed by atoms with van der Waals surface area (Å²) in [5, 5.41) is 24.2. The number of aromatic nitrogens is 3. The largest absolute Gasteiger partial charge is 0.476 e. The molecule has 0 bridgehead atoms. The molecule has 0 radical (unpaired) electrons. The monoisotopic (exact) mass is 282 g/mol. The minimum absolute atomic E-state index is 0.407. The van der Waals surface area contributed by atoms with Crippen molar-refractivity contribution >= 4 is 5.97 Å². The highest BCUT2D eigenvalue weighted by molar-refractivity contribution is 5.92. The SMILES string of the molecule is N#CCn1nnc(C(=O)O)c1-c1ccc(F)c(F)c1F. The quantitative estimate of drug-likeness (QED) is 0.863. The van der Waals surface area contributed by atoms with Gasteiger partial charge in [-0.3, -0.25) is 0 Å². The van der Waals surface area contributed by atoms with Gasteiger partial charge in [0.1, 0.15) is 12.2 Å². The van der Waals surface area contributed by atoms with Crippen molar-refractivity contribution in [2.24, 2.45) is 0 Å². The molecule has 0 aliphatic rings. The summed E-state index contributed by atoms with van der Waals surface area (Å²) in [6, 6.07) is 3.17. The molecule has 1 N–H and O–H groups in total. The van der Waals surface area contributed by atoms with Crippen LogP contribution in [0.4, 0.5) is 13.2 Å². The molecule has 1 aromatic carbocycles. The molecule has 20 heavy (non-hydrogen) atoms. The highest BCUT2D eigenvalue weighted by Crippen LogP contribution is 2.27. The number of carboxylic acids is 1. The van der Waals surface area contributed by atoms with Gasteiger partial charge in [-0.25, -0.2) is 22.6 Å². The summed E-state index contributed by atoms with van der Waals surface area (Å²) in [7, 11) is 0. The van der Waals surface area contributed by atoms with E-state index in [0.29, 0.717) is 6.07 Å². The molecule has 0 unspecified atom stereocenters. The number of nitriles is 1. The zero-order chi connectivity index (χ0) is 14.9. The topological polar surface area (TPSA) is 91.8 Å². The fourth-order valence-corrected chi connectivity index (χ4v) is 1.61. The third-order valence-electron chi connectivity index (χ3n) is 2.45. The minimum atomic E-state index is -1.75. The van der Waals surface area contributed by atoms with Gasteiger partial charge >= 0.3 is 5.97 Å². The lowest BCUT2D eigenvalue weighted by atomic mass is 10.1. The number of carboxylic acid groups (broad SMARTS) is 1. The molecule has 0 aliphatic heterocycles. The molecule has 6 nitrogen and oxygen atoms in total. The number of aromatic carboxylic acids is 1. The fraction of sp³-hybridized carbons (Fsp3) is 0.0909. The van der Waals surface area contributed by atoms with E-state index in [9.17, 15) is 18.0 Å². The molecule has 0 saturated carbocycles. The van der Waals surface area contributed by atoms with Gasteiger partial charge in [-0.1, -0.05) is 5.21 Å². The third kappa shape index (κ3) is 2.07. The van der Waals surface area contributed by atoms with Crippen molar-refractivity contribution in [3.63, 3.8) is 0 Å². The van der Waals surface area contributed by atoms with Crippen LogP contribution in [0.25, 0.3) is 11.3 Å². The summed E-state index contributed by atoms with van der Waals surface area (Å²) in [5.74, 6) is -6.27. The van der Waals surface area contributed by atoms with E-state index in [1.54, 1.807) is 6.07 Å². The first-order valence-electron chi connectivity index (χ1n) is 5.15.